The van der Waals surface area contributed by atoms with Crippen LogP contribution < -0.4 is 5.46 Å². The van der Waals surface area contributed by atoms with Gasteiger partial charge in [0.1, 0.15) is 0 Å². The number of carbonyl (C=O) groups is 1. The van der Waals surface area contributed by atoms with Crippen LogP contribution >= 0.6 is 0 Å². The third kappa shape index (κ3) is 2.74. The maximum atomic E-state index is 12.1. The van der Waals surface area contributed by atoms with Gasteiger partial charge >= 0.3 is 7.12 Å². The Morgan fingerprint density at radius 3 is 2.47 bits per heavy atom. The Bertz CT molecular complexity index is 514. The van der Waals surface area contributed by atoms with E-state index in [1.54, 1.807) is 4.90 Å². The minimum atomic E-state index is -1.93. The highest BCUT2D eigenvalue weighted by Gasteiger charge is 2.27. The number of carbonyl (C=O) groups excluding carboxylic acids is 1. The molecule has 0 spiro atoms. The summed E-state index contributed by atoms with van der Waals surface area (Å²) < 4.78 is 0. The normalized spacial score (nSPS) is 14.5. The third-order valence-electron chi connectivity index (χ3n) is 3.15. The molecule has 0 aliphatic carbocycles. The highest BCUT2D eigenvalue weighted by molar-refractivity contribution is 6.60. The molecule has 0 atom stereocenters. The second kappa shape index (κ2) is 5.37. The van der Waals surface area contributed by atoms with Crippen LogP contribution in [0.2, 0.25) is 0 Å². The topological polar surface area (TPSA) is 104 Å². The second-order valence-corrected chi connectivity index (χ2v) is 4.40. The number of benzene rings is 1. The highest BCUT2D eigenvalue weighted by atomic mass is 16.6. The molecule has 0 bridgehead atoms. The number of nitrogens with zero attached hydrogens (tertiary/aromatic N) is 2. The minimum Gasteiger partial charge on any atom is -0.423 e. The molecule has 1 aromatic rings. The van der Waals surface area contributed by atoms with Crippen LogP contribution in [0.25, 0.3) is 0 Å². The fraction of sp³-hybridized carbons (Fsp3) is 0.364. The van der Waals surface area contributed by atoms with Crippen LogP contribution in [0.4, 0.5) is 5.69 Å². The lowest BCUT2D eigenvalue weighted by Gasteiger charge is -2.15. The first-order valence-corrected chi connectivity index (χ1v) is 5.94. The number of likely N-dealkylation sites (tertiary alicyclic amines) is 1. The molecular formula is C11H13BN2O5. The molecule has 1 heterocycles. The first-order chi connectivity index (χ1) is 9.00. The smallest absolute Gasteiger partial charge is 0.423 e. The fourth-order valence-corrected chi connectivity index (χ4v) is 2.16. The minimum absolute atomic E-state index is 0.193. The average Bonchev–Trinajstić information content (AvgIpc) is 2.90. The Morgan fingerprint density at radius 2 is 1.95 bits per heavy atom. The molecule has 8 heteroatoms. The lowest BCUT2D eigenvalue weighted by molar-refractivity contribution is -0.383. The lowest BCUT2D eigenvalue weighted by atomic mass is 9.78. The van der Waals surface area contributed by atoms with Gasteiger partial charge in [-0.3, -0.25) is 14.9 Å². The van der Waals surface area contributed by atoms with Crippen molar-refractivity contribution in [2.45, 2.75) is 12.8 Å². The van der Waals surface area contributed by atoms with E-state index in [2.05, 4.69) is 0 Å². The molecule has 19 heavy (non-hydrogen) atoms. The lowest BCUT2D eigenvalue weighted by Crippen LogP contribution is -2.33. The maximum Gasteiger partial charge on any atom is 0.495 e. The Balaban J connectivity index is 2.34. The summed E-state index contributed by atoms with van der Waals surface area (Å²) in [5.74, 6) is -0.264. The molecule has 1 amide bonds. The highest BCUT2D eigenvalue weighted by Crippen LogP contribution is 2.16. The van der Waals surface area contributed by atoms with E-state index in [1.165, 1.54) is 12.1 Å². The zero-order valence-corrected chi connectivity index (χ0v) is 10.2. The Kier molecular flexibility index (Phi) is 3.82. The van der Waals surface area contributed by atoms with Crippen molar-refractivity contribution in [2.24, 2.45) is 0 Å². The van der Waals surface area contributed by atoms with E-state index in [9.17, 15) is 14.9 Å². The molecule has 1 aliphatic heterocycles. The molecule has 1 saturated heterocycles. The van der Waals surface area contributed by atoms with Gasteiger partial charge in [0.2, 0.25) is 0 Å². The van der Waals surface area contributed by atoms with E-state index in [0.717, 1.165) is 18.9 Å². The SMILES string of the molecule is O=C(c1ccc(B(O)O)c([N+](=O)[O-])c1)N1CCCC1. The van der Waals surface area contributed by atoms with Crippen LogP contribution in [0.1, 0.15) is 23.2 Å². The van der Waals surface area contributed by atoms with Crippen molar-refractivity contribution >= 4 is 24.2 Å². The zero-order chi connectivity index (χ0) is 14.0. The van der Waals surface area contributed by atoms with Gasteiger partial charge in [-0.1, -0.05) is 6.07 Å². The van der Waals surface area contributed by atoms with Crippen molar-refractivity contribution in [3.8, 4) is 0 Å². The molecule has 0 unspecified atom stereocenters. The van der Waals surface area contributed by atoms with Crippen LogP contribution in [0.3, 0.4) is 0 Å². The van der Waals surface area contributed by atoms with E-state index < -0.39 is 17.7 Å². The molecule has 2 rings (SSSR count). The van der Waals surface area contributed by atoms with Crippen molar-refractivity contribution < 1.29 is 19.8 Å². The number of hydrogen-bond donors (Lipinski definition) is 2. The van der Waals surface area contributed by atoms with Gasteiger partial charge in [0.25, 0.3) is 11.6 Å². The van der Waals surface area contributed by atoms with E-state index in [1.807, 2.05) is 0 Å². The predicted octanol–water partition coefficient (Wildman–Crippen LogP) is -0.489. The van der Waals surface area contributed by atoms with E-state index in [4.69, 9.17) is 10.0 Å². The van der Waals surface area contributed by atoms with E-state index in [-0.39, 0.29) is 16.9 Å². The molecule has 7 nitrogen and oxygen atoms in total. The molecule has 0 saturated carbocycles. The molecule has 1 aliphatic rings. The number of nitro benzene ring substituents is 1. The molecule has 2 N–H and O–H groups in total. The number of rotatable bonds is 3. The van der Waals surface area contributed by atoms with E-state index in [0.29, 0.717) is 13.1 Å². The van der Waals surface area contributed by atoms with Gasteiger partial charge in [-0.2, -0.15) is 0 Å². The van der Waals surface area contributed by atoms with Gasteiger partial charge < -0.3 is 14.9 Å². The summed E-state index contributed by atoms with van der Waals surface area (Å²) in [6.45, 7) is 1.30. The summed E-state index contributed by atoms with van der Waals surface area (Å²) in [6, 6.07) is 3.67. The Hall–Kier alpha value is -1.93. The summed E-state index contributed by atoms with van der Waals surface area (Å²) in [4.78, 5) is 23.9. The van der Waals surface area contributed by atoms with Crippen molar-refractivity contribution in [2.75, 3.05) is 13.1 Å². The Labute approximate surface area is 109 Å². The van der Waals surface area contributed by atoms with Crippen LogP contribution in [0, 0.1) is 10.1 Å². The molecule has 0 aromatic heterocycles. The van der Waals surface area contributed by atoms with Crippen molar-refractivity contribution in [3.05, 3.63) is 33.9 Å². The Morgan fingerprint density at radius 1 is 1.32 bits per heavy atom. The molecule has 0 radical (unpaired) electrons. The van der Waals surface area contributed by atoms with Gasteiger partial charge in [0.05, 0.1) is 10.4 Å². The van der Waals surface area contributed by atoms with Gasteiger partial charge in [-0.05, 0) is 18.9 Å². The monoisotopic (exact) mass is 264 g/mol. The van der Waals surface area contributed by atoms with Crippen molar-refractivity contribution in [1.29, 1.82) is 0 Å². The fourth-order valence-electron chi connectivity index (χ4n) is 2.16. The molecule has 1 aromatic carbocycles. The van der Waals surface area contributed by atoms with Gasteiger partial charge in [0.15, 0.2) is 0 Å². The number of hydrogen-bond acceptors (Lipinski definition) is 5. The number of nitro groups is 1. The van der Waals surface area contributed by atoms with Crippen LogP contribution in [0.15, 0.2) is 18.2 Å². The maximum absolute atomic E-state index is 12.1. The molecule has 100 valence electrons. The standard InChI is InChI=1S/C11H13BN2O5/c15-11(13-5-1-2-6-13)8-3-4-9(12(16)17)10(7-8)14(18)19/h3-4,7,16-17H,1-2,5-6H2. The predicted molar refractivity (Wildman–Crippen MR) is 68.1 cm³/mol. The largest absolute Gasteiger partial charge is 0.495 e. The quantitative estimate of drug-likeness (QED) is 0.435. The van der Waals surface area contributed by atoms with E-state index >= 15 is 0 Å². The van der Waals surface area contributed by atoms with Crippen LogP contribution in [-0.4, -0.2) is 46.0 Å². The average molecular weight is 264 g/mol. The summed E-state index contributed by atoms with van der Waals surface area (Å²) >= 11 is 0. The summed E-state index contributed by atoms with van der Waals surface area (Å²) in [5.41, 5.74) is -0.485. The van der Waals surface area contributed by atoms with Crippen LogP contribution in [-0.2, 0) is 0 Å². The first kappa shape index (κ1) is 13.5. The van der Waals surface area contributed by atoms with Gasteiger partial charge in [0, 0.05) is 24.7 Å². The van der Waals surface area contributed by atoms with Gasteiger partial charge in [-0.15, -0.1) is 0 Å². The third-order valence-corrected chi connectivity index (χ3v) is 3.15. The summed E-state index contributed by atoms with van der Waals surface area (Å²) in [7, 11) is -1.93. The summed E-state index contributed by atoms with van der Waals surface area (Å²) in [5, 5.41) is 29.0. The van der Waals surface area contributed by atoms with Crippen LogP contribution in [0.5, 0.6) is 0 Å². The van der Waals surface area contributed by atoms with Crippen molar-refractivity contribution in [3.63, 3.8) is 0 Å². The number of amides is 1. The zero-order valence-electron chi connectivity index (χ0n) is 10.2. The molecule has 1 fully saturated rings. The molecular weight excluding hydrogens is 251 g/mol. The van der Waals surface area contributed by atoms with Crippen molar-refractivity contribution in [1.82, 2.24) is 4.90 Å². The first-order valence-electron chi connectivity index (χ1n) is 5.94. The summed E-state index contributed by atoms with van der Waals surface area (Å²) in [6.07, 6.45) is 1.86. The second-order valence-electron chi connectivity index (χ2n) is 4.40. The van der Waals surface area contributed by atoms with Gasteiger partial charge in [-0.25, -0.2) is 0 Å².